The van der Waals surface area contributed by atoms with Crippen LogP contribution in [0.15, 0.2) is 36.9 Å². The number of carbonyl (C=O) groups is 1. The number of ether oxygens (including phenoxy) is 1. The summed E-state index contributed by atoms with van der Waals surface area (Å²) in [6.45, 7) is 5.07. The zero-order chi connectivity index (χ0) is 17.6. The molecular formula is C17H21F3N2O2. The fourth-order valence-electron chi connectivity index (χ4n) is 2.67. The van der Waals surface area contributed by atoms with E-state index in [1.807, 2.05) is 0 Å². The summed E-state index contributed by atoms with van der Waals surface area (Å²) in [4.78, 5) is 13.8. The molecule has 132 valence electrons. The van der Waals surface area contributed by atoms with Crippen LogP contribution in [0.1, 0.15) is 25.7 Å². The molecule has 1 amide bonds. The van der Waals surface area contributed by atoms with Gasteiger partial charge in [-0.05, 0) is 43.5 Å². The predicted octanol–water partition coefficient (Wildman–Crippen LogP) is 3.64. The molecule has 1 aliphatic rings. The molecule has 0 radical (unpaired) electrons. The van der Waals surface area contributed by atoms with Gasteiger partial charge in [0.05, 0.1) is 0 Å². The molecule has 0 bridgehead atoms. The van der Waals surface area contributed by atoms with Crippen LogP contribution in [0.4, 0.5) is 18.9 Å². The van der Waals surface area contributed by atoms with Crippen LogP contribution in [0.2, 0.25) is 0 Å². The summed E-state index contributed by atoms with van der Waals surface area (Å²) in [5, 5.41) is 3.00. The van der Waals surface area contributed by atoms with Gasteiger partial charge in [0.2, 0.25) is 5.91 Å². The smallest absolute Gasteiger partial charge is 0.406 e. The van der Waals surface area contributed by atoms with E-state index >= 15 is 0 Å². The second-order valence-corrected chi connectivity index (χ2v) is 5.70. The van der Waals surface area contributed by atoms with Gasteiger partial charge in [-0.25, -0.2) is 0 Å². The fraction of sp³-hybridized carbons (Fsp3) is 0.471. The number of amides is 1. The van der Waals surface area contributed by atoms with Gasteiger partial charge in [0.25, 0.3) is 0 Å². The lowest BCUT2D eigenvalue weighted by atomic mass is 10.0. The number of halogens is 3. The molecule has 0 atom stereocenters. The van der Waals surface area contributed by atoms with Crippen LogP contribution in [0.25, 0.3) is 0 Å². The van der Waals surface area contributed by atoms with Crippen LogP contribution in [-0.2, 0) is 4.79 Å². The molecule has 0 aromatic heterocycles. The Morgan fingerprint density at radius 3 is 2.46 bits per heavy atom. The van der Waals surface area contributed by atoms with Crippen molar-refractivity contribution in [3.63, 3.8) is 0 Å². The summed E-state index contributed by atoms with van der Waals surface area (Å²) in [6.07, 6.45) is -0.235. The largest absolute Gasteiger partial charge is 0.573 e. The van der Waals surface area contributed by atoms with E-state index in [1.165, 1.54) is 12.1 Å². The molecule has 0 saturated carbocycles. The Morgan fingerprint density at radius 1 is 1.29 bits per heavy atom. The van der Waals surface area contributed by atoms with Crippen molar-refractivity contribution in [2.75, 3.05) is 18.0 Å². The molecular weight excluding hydrogens is 321 g/mol. The quantitative estimate of drug-likeness (QED) is 0.803. The van der Waals surface area contributed by atoms with Crippen LogP contribution in [-0.4, -0.2) is 31.4 Å². The van der Waals surface area contributed by atoms with Crippen LogP contribution < -0.4 is 15.0 Å². The van der Waals surface area contributed by atoms with E-state index in [-0.39, 0.29) is 17.7 Å². The standard InChI is InChI=1S/C17H21F3N2O2/c1-2-3-4-16(23)21-13-9-11-22(12-10-13)14-5-7-15(8-6-14)24-17(18,19)20/h2,5-8,13H,1,3-4,9-12H2,(H,21,23). The van der Waals surface area contributed by atoms with Crippen molar-refractivity contribution in [1.82, 2.24) is 5.32 Å². The number of allylic oxidation sites excluding steroid dienone is 1. The summed E-state index contributed by atoms with van der Waals surface area (Å²) < 4.78 is 40.3. The maximum absolute atomic E-state index is 12.1. The highest BCUT2D eigenvalue weighted by atomic mass is 19.4. The van der Waals surface area contributed by atoms with Crippen molar-refractivity contribution in [3.8, 4) is 5.75 Å². The molecule has 1 saturated heterocycles. The van der Waals surface area contributed by atoms with Gasteiger partial charge in [0.15, 0.2) is 0 Å². The van der Waals surface area contributed by atoms with Crippen LogP contribution in [0.3, 0.4) is 0 Å². The van der Waals surface area contributed by atoms with Gasteiger partial charge in [-0.1, -0.05) is 6.08 Å². The van der Waals surface area contributed by atoms with Crippen LogP contribution in [0, 0.1) is 0 Å². The first-order chi connectivity index (χ1) is 11.4. The third-order valence-electron chi connectivity index (χ3n) is 3.87. The Morgan fingerprint density at radius 2 is 1.92 bits per heavy atom. The highest BCUT2D eigenvalue weighted by Crippen LogP contribution is 2.26. The maximum atomic E-state index is 12.1. The van der Waals surface area contributed by atoms with E-state index in [4.69, 9.17) is 0 Å². The monoisotopic (exact) mass is 342 g/mol. The number of nitrogens with zero attached hydrogens (tertiary/aromatic N) is 1. The fourth-order valence-corrected chi connectivity index (χ4v) is 2.67. The van der Waals surface area contributed by atoms with Crippen LogP contribution in [0.5, 0.6) is 5.75 Å². The number of carbonyl (C=O) groups excluding carboxylic acids is 1. The molecule has 1 aromatic rings. The summed E-state index contributed by atoms with van der Waals surface area (Å²) in [6, 6.07) is 6.00. The lowest BCUT2D eigenvalue weighted by molar-refractivity contribution is -0.274. The van der Waals surface area contributed by atoms with Gasteiger partial charge < -0.3 is 15.0 Å². The number of anilines is 1. The third-order valence-corrected chi connectivity index (χ3v) is 3.87. The molecule has 1 fully saturated rings. The van der Waals surface area contributed by atoms with E-state index in [0.29, 0.717) is 12.8 Å². The number of alkyl halides is 3. The Bertz CT molecular complexity index is 550. The Labute approximate surface area is 139 Å². The minimum Gasteiger partial charge on any atom is -0.406 e. The second kappa shape index (κ2) is 8.08. The van der Waals surface area contributed by atoms with Gasteiger partial charge in [0.1, 0.15) is 5.75 Å². The topological polar surface area (TPSA) is 41.6 Å². The van der Waals surface area contributed by atoms with Crippen molar-refractivity contribution in [1.29, 1.82) is 0 Å². The van der Waals surface area contributed by atoms with Crippen molar-refractivity contribution in [2.24, 2.45) is 0 Å². The van der Waals surface area contributed by atoms with E-state index < -0.39 is 6.36 Å². The molecule has 4 nitrogen and oxygen atoms in total. The summed E-state index contributed by atoms with van der Waals surface area (Å²) in [5.74, 6) is -0.197. The molecule has 1 aliphatic heterocycles. The zero-order valence-electron chi connectivity index (χ0n) is 13.3. The number of piperidine rings is 1. The highest BCUT2D eigenvalue weighted by Gasteiger charge is 2.31. The van der Waals surface area contributed by atoms with Gasteiger partial charge in [-0.2, -0.15) is 0 Å². The summed E-state index contributed by atoms with van der Waals surface area (Å²) >= 11 is 0. The lowest BCUT2D eigenvalue weighted by Crippen LogP contribution is -2.44. The highest BCUT2D eigenvalue weighted by molar-refractivity contribution is 5.76. The number of hydrogen-bond donors (Lipinski definition) is 1. The van der Waals surface area contributed by atoms with Gasteiger partial charge in [0, 0.05) is 31.2 Å². The number of benzene rings is 1. The Balaban J connectivity index is 1.81. The average Bonchev–Trinajstić information content (AvgIpc) is 2.53. The molecule has 1 N–H and O–H groups in total. The first kappa shape index (κ1) is 18.2. The predicted molar refractivity (Wildman–Crippen MR) is 85.9 cm³/mol. The molecule has 1 heterocycles. The maximum Gasteiger partial charge on any atom is 0.573 e. The van der Waals surface area contributed by atoms with E-state index in [0.717, 1.165) is 31.6 Å². The summed E-state index contributed by atoms with van der Waals surface area (Å²) in [5.41, 5.74) is 0.848. The molecule has 2 rings (SSSR count). The first-order valence-electron chi connectivity index (χ1n) is 7.88. The summed E-state index contributed by atoms with van der Waals surface area (Å²) in [7, 11) is 0. The Kier molecular flexibility index (Phi) is 6.11. The lowest BCUT2D eigenvalue weighted by Gasteiger charge is -2.34. The van der Waals surface area contributed by atoms with E-state index in [1.54, 1.807) is 18.2 Å². The van der Waals surface area contributed by atoms with Gasteiger partial charge in [-0.3, -0.25) is 4.79 Å². The molecule has 0 spiro atoms. The van der Waals surface area contributed by atoms with Gasteiger partial charge in [-0.15, -0.1) is 19.8 Å². The molecule has 24 heavy (non-hydrogen) atoms. The number of rotatable bonds is 6. The SMILES string of the molecule is C=CCCC(=O)NC1CCN(c2ccc(OC(F)(F)F)cc2)CC1. The average molecular weight is 342 g/mol. The second-order valence-electron chi connectivity index (χ2n) is 5.70. The van der Waals surface area contributed by atoms with E-state index in [2.05, 4.69) is 21.5 Å². The molecule has 1 aromatic carbocycles. The third kappa shape index (κ3) is 5.79. The normalized spacial score (nSPS) is 15.9. The minimum atomic E-state index is -4.68. The zero-order valence-corrected chi connectivity index (χ0v) is 13.3. The van der Waals surface area contributed by atoms with Crippen molar-refractivity contribution in [3.05, 3.63) is 36.9 Å². The molecule has 7 heteroatoms. The Hall–Kier alpha value is -2.18. The molecule has 0 unspecified atom stereocenters. The number of nitrogens with one attached hydrogen (secondary N) is 1. The van der Waals surface area contributed by atoms with Crippen molar-refractivity contribution in [2.45, 2.75) is 38.1 Å². The molecule has 0 aliphatic carbocycles. The first-order valence-corrected chi connectivity index (χ1v) is 7.88. The van der Waals surface area contributed by atoms with Crippen molar-refractivity contribution >= 4 is 11.6 Å². The number of hydrogen-bond acceptors (Lipinski definition) is 3. The van der Waals surface area contributed by atoms with Crippen molar-refractivity contribution < 1.29 is 22.7 Å². The van der Waals surface area contributed by atoms with E-state index in [9.17, 15) is 18.0 Å². The van der Waals surface area contributed by atoms with Crippen LogP contribution >= 0.6 is 0 Å². The minimum absolute atomic E-state index is 0.0296. The van der Waals surface area contributed by atoms with Gasteiger partial charge >= 0.3 is 6.36 Å².